The third kappa shape index (κ3) is 6.92. The molecule has 35 heavy (non-hydrogen) atoms. The number of hydrogen-bond donors (Lipinski definition) is 2. The fourth-order valence-corrected chi connectivity index (χ4v) is 5.40. The number of H-pyrrole nitrogens is 1. The van der Waals surface area contributed by atoms with Gasteiger partial charge in [-0.2, -0.15) is 0 Å². The number of nitrogens with one attached hydrogen (secondary N) is 1. The molecule has 0 atom stereocenters. The zero-order chi connectivity index (χ0) is 23.8. The van der Waals surface area contributed by atoms with Crippen LogP contribution in [0.15, 0.2) is 50.0 Å². The number of aliphatic imine (C=N–C) groups is 1. The smallest absolute Gasteiger partial charge is 0.744 e. The fourth-order valence-electron chi connectivity index (χ4n) is 3.17. The first-order chi connectivity index (χ1) is 14.6. The van der Waals surface area contributed by atoms with Crippen LogP contribution in [0, 0.1) is 0 Å². The van der Waals surface area contributed by atoms with Crippen molar-refractivity contribution in [3.63, 3.8) is 0 Å². The number of ketones is 1. The predicted molar refractivity (Wildman–Crippen MR) is 101 cm³/mol. The van der Waals surface area contributed by atoms with Gasteiger partial charge in [-0.15, -0.1) is 0 Å². The van der Waals surface area contributed by atoms with Crippen LogP contribution in [-0.4, -0.2) is 60.5 Å². The summed E-state index contributed by atoms with van der Waals surface area (Å²) >= 11 is 0. The summed E-state index contributed by atoms with van der Waals surface area (Å²) in [6.45, 7) is 0. The topological polar surface area (TPSA) is 237 Å². The number of carbonyl (C=O) groups is 1. The predicted octanol–water partition coefficient (Wildman–Crippen LogP) is -9.09. The maximum absolute atomic E-state index is 12.8. The van der Waals surface area contributed by atoms with Crippen LogP contribution < -0.4 is 154 Å². The zero-order valence-corrected chi connectivity index (χ0v) is 29.9. The summed E-state index contributed by atoms with van der Waals surface area (Å²) in [5.74, 6) is -1.71. The maximum atomic E-state index is 12.8. The Morgan fingerprint density at radius 2 is 1.34 bits per heavy atom. The van der Waals surface area contributed by atoms with Gasteiger partial charge in [-0.25, -0.2) is 30.2 Å². The van der Waals surface area contributed by atoms with Crippen LogP contribution in [0.1, 0.15) is 16.1 Å². The molecule has 19 heteroatoms. The van der Waals surface area contributed by atoms with Gasteiger partial charge in [0.2, 0.25) is 5.78 Å². The Labute approximate surface area is 326 Å². The number of fused-ring (bicyclic) bond motifs is 2. The molecule has 4 rings (SSSR count). The van der Waals surface area contributed by atoms with Crippen molar-refractivity contribution in [2.24, 2.45) is 4.99 Å². The first-order valence-corrected chi connectivity index (χ1v) is 12.4. The van der Waals surface area contributed by atoms with Gasteiger partial charge in [0, 0.05) is 10.9 Å². The SMILES string of the molecule is O=C1C(c2[nH]c3ccc(S(=O)(=O)[O-])cc3c2O)=Nc2cc(S(=O)(=O)[O-])c(S(=O)(=O)[O-])cc21.[K+].[K+].[K+]. The van der Waals surface area contributed by atoms with Gasteiger partial charge in [-0.05, 0) is 30.3 Å². The van der Waals surface area contributed by atoms with Gasteiger partial charge < -0.3 is 23.7 Å². The molecule has 13 nitrogen and oxygen atoms in total. The largest absolute Gasteiger partial charge is 1.00 e. The van der Waals surface area contributed by atoms with Crippen molar-refractivity contribution in [1.29, 1.82) is 0 Å². The third-order valence-corrected chi connectivity index (χ3v) is 7.27. The van der Waals surface area contributed by atoms with E-state index in [-0.39, 0.29) is 171 Å². The number of Topliss-reactive ketones (excluding diaryl/α,β-unsaturated/α-hetero) is 1. The molecule has 168 valence electrons. The van der Waals surface area contributed by atoms with Crippen LogP contribution in [0.4, 0.5) is 5.69 Å². The number of rotatable bonds is 4. The molecule has 1 aromatic heterocycles. The van der Waals surface area contributed by atoms with E-state index in [4.69, 9.17) is 0 Å². The van der Waals surface area contributed by atoms with E-state index in [1.165, 1.54) is 0 Å². The van der Waals surface area contributed by atoms with Crippen LogP contribution in [0.25, 0.3) is 10.9 Å². The normalized spacial score (nSPS) is 13.3. The van der Waals surface area contributed by atoms with Crippen molar-refractivity contribution in [1.82, 2.24) is 4.98 Å². The Hall–Kier alpha value is 1.76. The van der Waals surface area contributed by atoms with Gasteiger partial charge in [0.1, 0.15) is 41.8 Å². The molecule has 0 bridgehead atoms. The molecule has 0 aliphatic carbocycles. The second-order valence-electron chi connectivity index (χ2n) is 6.52. The second-order valence-corrected chi connectivity index (χ2v) is 10.6. The third-order valence-electron chi connectivity index (χ3n) is 4.56. The summed E-state index contributed by atoms with van der Waals surface area (Å²) in [5.41, 5.74) is -1.79. The molecule has 0 saturated carbocycles. The Balaban J connectivity index is 0.00000204. The summed E-state index contributed by atoms with van der Waals surface area (Å²) in [4.78, 5) is 15.7. The average Bonchev–Trinajstić information content (AvgIpc) is 3.15. The number of carbonyl (C=O) groups excluding carboxylic acids is 1. The summed E-state index contributed by atoms with van der Waals surface area (Å²) < 4.78 is 102. The molecule has 0 saturated heterocycles. The van der Waals surface area contributed by atoms with Crippen LogP contribution >= 0.6 is 0 Å². The van der Waals surface area contributed by atoms with Crippen molar-refractivity contribution in [2.45, 2.75) is 14.7 Å². The van der Waals surface area contributed by atoms with Gasteiger partial charge >= 0.3 is 154 Å². The van der Waals surface area contributed by atoms with Crippen molar-refractivity contribution in [3.05, 3.63) is 41.6 Å². The molecule has 2 heterocycles. The number of aromatic amines is 1. The van der Waals surface area contributed by atoms with Crippen molar-refractivity contribution in [3.8, 4) is 5.75 Å². The van der Waals surface area contributed by atoms with Crippen LogP contribution in [0.5, 0.6) is 5.75 Å². The molecular weight excluding hydrogens is 610 g/mol. The Morgan fingerprint density at radius 1 is 0.800 bits per heavy atom. The minimum atomic E-state index is -5.47. The Kier molecular flexibility index (Phi) is 12.0. The van der Waals surface area contributed by atoms with Gasteiger partial charge in [0.25, 0.3) is 0 Å². The number of aromatic nitrogens is 1. The summed E-state index contributed by atoms with van der Waals surface area (Å²) in [6.07, 6.45) is 0. The monoisotopic (exact) mass is 616 g/mol. The molecule has 1 aliphatic heterocycles. The molecule has 0 unspecified atom stereocenters. The molecule has 0 amide bonds. The zero-order valence-electron chi connectivity index (χ0n) is 18.1. The maximum Gasteiger partial charge on any atom is 1.00 e. The summed E-state index contributed by atoms with van der Waals surface area (Å²) in [7, 11) is -15.8. The van der Waals surface area contributed by atoms with Gasteiger partial charge in [-0.3, -0.25) is 4.79 Å². The van der Waals surface area contributed by atoms with E-state index in [0.717, 1.165) is 18.2 Å². The van der Waals surface area contributed by atoms with Crippen LogP contribution in [-0.2, 0) is 30.4 Å². The van der Waals surface area contributed by atoms with Crippen LogP contribution in [0.3, 0.4) is 0 Å². The van der Waals surface area contributed by atoms with Gasteiger partial charge in [0.15, 0.2) is 5.75 Å². The minimum Gasteiger partial charge on any atom is -0.744 e. The molecule has 0 radical (unpaired) electrons. The fraction of sp³-hybridized carbons (Fsp3) is 0. The van der Waals surface area contributed by atoms with E-state index >= 15 is 0 Å². The van der Waals surface area contributed by atoms with E-state index in [9.17, 15) is 48.8 Å². The molecule has 0 fully saturated rings. The van der Waals surface area contributed by atoms with Gasteiger partial charge in [-0.1, -0.05) is 0 Å². The van der Waals surface area contributed by atoms with Crippen molar-refractivity contribution >= 4 is 58.4 Å². The van der Waals surface area contributed by atoms with Crippen molar-refractivity contribution < 1.29 is 203 Å². The van der Waals surface area contributed by atoms with E-state index in [1.54, 1.807) is 0 Å². The Morgan fingerprint density at radius 3 is 1.86 bits per heavy atom. The minimum absolute atomic E-state index is 0. The van der Waals surface area contributed by atoms with E-state index in [0.29, 0.717) is 12.1 Å². The first kappa shape index (κ1) is 34.8. The molecule has 3 aromatic rings. The summed E-state index contributed by atoms with van der Waals surface area (Å²) in [5, 5.41) is 10.3. The Bertz CT molecular complexity index is 1730. The number of benzene rings is 2. The quantitative estimate of drug-likeness (QED) is 0.206. The standard InChI is InChI=1S/C16H10N2O11S3.3K/c19-15-7-3-6(30(21,22)23)1-2-9(7)17-13(15)14-16(20)8-4-11(31(24,25)26)12(32(27,28)29)5-10(8)18-14;;;/h1-5,17,19H,(H,21,22,23)(H,24,25,26)(H,27,28,29);;;/q;3*+1/p-3. The van der Waals surface area contributed by atoms with E-state index < -0.39 is 73.5 Å². The molecule has 1 aliphatic rings. The van der Waals surface area contributed by atoms with Crippen LogP contribution in [0.2, 0.25) is 0 Å². The van der Waals surface area contributed by atoms with Gasteiger partial charge in [0.05, 0.1) is 25.9 Å². The summed E-state index contributed by atoms with van der Waals surface area (Å²) in [6, 6.07) is 3.80. The second kappa shape index (κ2) is 12.1. The van der Waals surface area contributed by atoms with E-state index in [2.05, 4.69) is 9.98 Å². The number of aromatic hydroxyl groups is 1. The molecule has 2 aromatic carbocycles. The van der Waals surface area contributed by atoms with Crippen molar-refractivity contribution in [2.75, 3.05) is 0 Å². The number of hydrogen-bond acceptors (Lipinski definition) is 12. The average molecular weight is 617 g/mol. The molecule has 2 N–H and O–H groups in total. The number of nitrogens with zero attached hydrogens (tertiary/aromatic N) is 1. The molecular formula is C16H7K3N2O11S3. The van der Waals surface area contributed by atoms with E-state index in [1.807, 2.05) is 0 Å². The molecule has 0 spiro atoms. The first-order valence-electron chi connectivity index (χ1n) is 8.13.